The molecule has 0 heterocycles. The van der Waals surface area contributed by atoms with Gasteiger partial charge in [-0.25, -0.2) is 0 Å². The van der Waals surface area contributed by atoms with Gasteiger partial charge in [0.2, 0.25) is 0 Å². The number of para-hydroxylation sites is 1. The predicted octanol–water partition coefficient (Wildman–Crippen LogP) is 9.19. The maximum atomic E-state index is 3.10. The van der Waals surface area contributed by atoms with E-state index in [2.05, 4.69) is 85.3 Å². The SMILES string of the molecule is CC.CC.CC.CNc1ccc(C)cc1.CNc1cccc(C)c1.CNc1ccccc1C. The van der Waals surface area contributed by atoms with Crippen LogP contribution < -0.4 is 16.0 Å². The number of anilines is 3. The minimum absolute atomic E-state index is 1.17. The highest BCUT2D eigenvalue weighted by Gasteiger charge is 1.88. The minimum Gasteiger partial charge on any atom is -0.388 e. The zero-order valence-electron chi connectivity index (χ0n) is 23.4. The van der Waals surface area contributed by atoms with Crippen LogP contribution in [0.1, 0.15) is 58.2 Å². The quantitative estimate of drug-likeness (QED) is 0.370. The van der Waals surface area contributed by atoms with E-state index in [1.807, 2.05) is 87.0 Å². The number of hydrogen-bond acceptors (Lipinski definition) is 3. The van der Waals surface area contributed by atoms with E-state index in [9.17, 15) is 0 Å². The zero-order chi connectivity index (χ0) is 26.1. The summed E-state index contributed by atoms with van der Waals surface area (Å²) in [6, 6.07) is 24.8. The molecule has 33 heavy (non-hydrogen) atoms. The Balaban J connectivity index is -0.000000367. The molecule has 0 spiro atoms. The Hall–Kier alpha value is -2.94. The number of nitrogens with one attached hydrogen (secondary N) is 3. The Bertz CT molecular complexity index is 781. The van der Waals surface area contributed by atoms with Crippen LogP contribution in [0.3, 0.4) is 0 Å². The van der Waals surface area contributed by atoms with Gasteiger partial charge >= 0.3 is 0 Å². The normalized spacial score (nSPS) is 8.00. The third-order valence-electron chi connectivity index (χ3n) is 4.06. The molecule has 0 aromatic heterocycles. The Kier molecular flexibility index (Phi) is 26.6. The fraction of sp³-hybridized carbons (Fsp3) is 0.400. The first-order chi connectivity index (χ1) is 16.0. The highest BCUT2D eigenvalue weighted by Crippen LogP contribution is 2.11. The van der Waals surface area contributed by atoms with Crippen LogP contribution in [0, 0.1) is 20.8 Å². The van der Waals surface area contributed by atoms with Crippen molar-refractivity contribution < 1.29 is 0 Å². The van der Waals surface area contributed by atoms with Crippen LogP contribution in [0.5, 0.6) is 0 Å². The van der Waals surface area contributed by atoms with Crippen LogP contribution in [-0.2, 0) is 0 Å². The van der Waals surface area contributed by atoms with E-state index >= 15 is 0 Å². The van der Waals surface area contributed by atoms with Crippen LogP contribution in [0.4, 0.5) is 17.1 Å². The minimum atomic E-state index is 1.17. The molecule has 3 aromatic rings. The molecule has 3 aromatic carbocycles. The Morgan fingerprint density at radius 1 is 0.455 bits per heavy atom. The Morgan fingerprint density at radius 3 is 1.33 bits per heavy atom. The molecule has 186 valence electrons. The van der Waals surface area contributed by atoms with Crippen molar-refractivity contribution in [1.82, 2.24) is 0 Å². The van der Waals surface area contributed by atoms with Crippen molar-refractivity contribution in [1.29, 1.82) is 0 Å². The van der Waals surface area contributed by atoms with Gasteiger partial charge in [-0.05, 0) is 62.2 Å². The molecule has 0 aliphatic carbocycles. The van der Waals surface area contributed by atoms with Gasteiger partial charge in [-0.3, -0.25) is 0 Å². The highest BCUT2D eigenvalue weighted by atomic mass is 14.8. The molecule has 3 N–H and O–H groups in total. The molecule has 0 saturated heterocycles. The molecule has 0 amide bonds. The summed E-state index contributed by atoms with van der Waals surface area (Å²) in [5, 5.41) is 9.22. The van der Waals surface area contributed by atoms with Gasteiger partial charge < -0.3 is 16.0 Å². The molecule has 0 atom stereocenters. The maximum Gasteiger partial charge on any atom is 0.0367 e. The number of hydrogen-bond donors (Lipinski definition) is 3. The number of rotatable bonds is 3. The summed E-state index contributed by atoms with van der Waals surface area (Å²) >= 11 is 0. The third-order valence-corrected chi connectivity index (χ3v) is 4.06. The summed E-state index contributed by atoms with van der Waals surface area (Å²) in [5.74, 6) is 0. The summed E-state index contributed by atoms with van der Waals surface area (Å²) in [6.07, 6.45) is 0. The van der Waals surface area contributed by atoms with E-state index < -0.39 is 0 Å². The van der Waals surface area contributed by atoms with E-state index in [4.69, 9.17) is 0 Å². The monoisotopic (exact) mass is 453 g/mol. The summed E-state index contributed by atoms with van der Waals surface area (Å²) in [6.45, 7) is 18.3. The third kappa shape index (κ3) is 18.3. The first-order valence-electron chi connectivity index (χ1n) is 12.2. The van der Waals surface area contributed by atoms with E-state index in [0.29, 0.717) is 0 Å². The van der Waals surface area contributed by atoms with Gasteiger partial charge in [-0.2, -0.15) is 0 Å². The van der Waals surface area contributed by atoms with E-state index in [-0.39, 0.29) is 0 Å². The fourth-order valence-corrected chi connectivity index (χ4v) is 2.37. The largest absolute Gasteiger partial charge is 0.388 e. The fourth-order valence-electron chi connectivity index (χ4n) is 2.37. The lowest BCUT2D eigenvalue weighted by atomic mass is 10.2. The van der Waals surface area contributed by atoms with Crippen molar-refractivity contribution in [3.63, 3.8) is 0 Å². The lowest BCUT2D eigenvalue weighted by Crippen LogP contribution is -1.89. The topological polar surface area (TPSA) is 36.1 Å². The molecule has 0 radical (unpaired) electrons. The van der Waals surface area contributed by atoms with Crippen molar-refractivity contribution in [3.8, 4) is 0 Å². The molecule has 0 aliphatic rings. The maximum absolute atomic E-state index is 3.10. The second-order valence-corrected chi connectivity index (χ2v) is 6.30. The Morgan fingerprint density at radius 2 is 0.970 bits per heavy atom. The van der Waals surface area contributed by atoms with Gasteiger partial charge in [0.05, 0.1) is 0 Å². The standard InChI is InChI=1S/3C8H11N.3C2H6/c1-7-3-5-8(9-2)6-4-7;1-7-4-3-5-8(6-7)9-2;1-7-5-3-4-6-8(7)9-2;3*1-2/h3*3-6,9H,1-2H3;3*1-2H3. The van der Waals surface area contributed by atoms with Crippen LogP contribution in [-0.4, -0.2) is 21.1 Å². The highest BCUT2D eigenvalue weighted by molar-refractivity contribution is 5.49. The van der Waals surface area contributed by atoms with E-state index in [0.717, 1.165) is 0 Å². The van der Waals surface area contributed by atoms with Crippen molar-refractivity contribution in [2.24, 2.45) is 0 Å². The molecule has 0 bridgehead atoms. The second-order valence-electron chi connectivity index (χ2n) is 6.30. The number of benzene rings is 3. The molecular weight excluding hydrogens is 402 g/mol. The van der Waals surface area contributed by atoms with Crippen molar-refractivity contribution >= 4 is 17.1 Å². The van der Waals surface area contributed by atoms with Crippen LogP contribution in [0.15, 0.2) is 72.8 Å². The van der Waals surface area contributed by atoms with Crippen molar-refractivity contribution in [3.05, 3.63) is 89.5 Å². The number of aryl methyl sites for hydroxylation is 3. The summed E-state index contributed by atoms with van der Waals surface area (Å²) < 4.78 is 0. The summed E-state index contributed by atoms with van der Waals surface area (Å²) in [7, 11) is 5.78. The Labute approximate surface area is 206 Å². The zero-order valence-corrected chi connectivity index (χ0v) is 23.4. The molecule has 0 unspecified atom stereocenters. The average molecular weight is 454 g/mol. The second kappa shape index (κ2) is 25.3. The molecule has 3 nitrogen and oxygen atoms in total. The molecule has 3 heteroatoms. The van der Waals surface area contributed by atoms with Crippen molar-refractivity contribution in [2.45, 2.75) is 62.3 Å². The van der Waals surface area contributed by atoms with Gasteiger partial charge in [-0.1, -0.05) is 89.6 Å². The lowest BCUT2D eigenvalue weighted by Gasteiger charge is -2.01. The van der Waals surface area contributed by atoms with Crippen LogP contribution in [0.25, 0.3) is 0 Å². The lowest BCUT2D eigenvalue weighted by molar-refractivity contribution is 1.41. The smallest absolute Gasteiger partial charge is 0.0367 e. The summed E-state index contributed by atoms with van der Waals surface area (Å²) in [4.78, 5) is 0. The first kappa shape index (κ1) is 34.7. The van der Waals surface area contributed by atoms with E-state index in [1.165, 1.54) is 33.8 Å². The predicted molar refractivity (Wildman–Crippen MR) is 156 cm³/mol. The molecule has 3 rings (SSSR count). The average Bonchev–Trinajstić information content (AvgIpc) is 2.89. The van der Waals surface area contributed by atoms with Gasteiger partial charge in [-0.15, -0.1) is 0 Å². The van der Waals surface area contributed by atoms with Gasteiger partial charge in [0, 0.05) is 38.2 Å². The van der Waals surface area contributed by atoms with Crippen LogP contribution >= 0.6 is 0 Å². The summed E-state index contributed by atoms with van der Waals surface area (Å²) in [5.41, 5.74) is 7.43. The molecule has 0 fully saturated rings. The van der Waals surface area contributed by atoms with Gasteiger partial charge in [0.25, 0.3) is 0 Å². The van der Waals surface area contributed by atoms with Gasteiger partial charge in [0.15, 0.2) is 0 Å². The molecule has 0 saturated carbocycles. The van der Waals surface area contributed by atoms with Crippen molar-refractivity contribution in [2.75, 3.05) is 37.1 Å². The molecule has 0 aliphatic heterocycles. The first-order valence-corrected chi connectivity index (χ1v) is 12.2. The molecular formula is C30H51N3. The van der Waals surface area contributed by atoms with Gasteiger partial charge in [0.1, 0.15) is 0 Å². The van der Waals surface area contributed by atoms with Crippen LogP contribution in [0.2, 0.25) is 0 Å². The van der Waals surface area contributed by atoms with E-state index in [1.54, 1.807) is 0 Å².